The summed E-state index contributed by atoms with van der Waals surface area (Å²) >= 11 is 0. The van der Waals surface area contributed by atoms with E-state index in [0.29, 0.717) is 0 Å². The fourth-order valence-electron chi connectivity index (χ4n) is 3.39. The fourth-order valence-corrected chi connectivity index (χ4v) is 3.39. The highest BCUT2D eigenvalue weighted by Gasteiger charge is 2.15. The van der Waals surface area contributed by atoms with Crippen molar-refractivity contribution in [1.29, 1.82) is 0 Å². The van der Waals surface area contributed by atoms with Crippen LogP contribution in [0.2, 0.25) is 0 Å². The molecule has 1 atom stereocenters. The van der Waals surface area contributed by atoms with Crippen LogP contribution in [0.3, 0.4) is 0 Å². The lowest BCUT2D eigenvalue weighted by Gasteiger charge is -2.12. The minimum atomic E-state index is 0.728. The Labute approximate surface area is 148 Å². The molecule has 5 heteroatoms. The summed E-state index contributed by atoms with van der Waals surface area (Å²) in [6.07, 6.45) is 3.56. The van der Waals surface area contributed by atoms with E-state index in [1.807, 2.05) is 35.7 Å². The fraction of sp³-hybridized carbons (Fsp3) is 0.400. The molecule has 2 aromatic heterocycles. The van der Waals surface area contributed by atoms with Gasteiger partial charge in [0.25, 0.3) is 0 Å². The molecule has 0 amide bonds. The Kier molecular flexibility index (Phi) is 4.65. The number of benzene rings is 1. The van der Waals surface area contributed by atoms with Crippen LogP contribution >= 0.6 is 0 Å². The van der Waals surface area contributed by atoms with Gasteiger partial charge in [0.15, 0.2) is 5.65 Å². The van der Waals surface area contributed by atoms with E-state index in [9.17, 15) is 0 Å². The van der Waals surface area contributed by atoms with Crippen LogP contribution in [0.15, 0.2) is 42.5 Å². The number of anilines is 1. The quantitative estimate of drug-likeness (QED) is 0.693. The molecule has 1 aromatic carbocycles. The standard InChI is InChI=1S/C20H24N4O/c1-15-12-20-22-18(17-7-3-2-4-8-17)13-19(24(20)23-15)21-10-5-6-16-9-11-25-14-16/h2-4,7-8,12-13,16,21H,5-6,9-11,14H2,1H3/t16-/m1/s1. The van der Waals surface area contributed by atoms with Crippen molar-refractivity contribution >= 4 is 11.5 Å². The highest BCUT2D eigenvalue weighted by atomic mass is 16.5. The van der Waals surface area contributed by atoms with E-state index in [4.69, 9.17) is 9.72 Å². The van der Waals surface area contributed by atoms with E-state index in [0.717, 1.165) is 60.5 Å². The van der Waals surface area contributed by atoms with Gasteiger partial charge in [0.05, 0.1) is 11.4 Å². The van der Waals surface area contributed by atoms with E-state index in [1.54, 1.807) is 0 Å². The first-order valence-corrected chi connectivity index (χ1v) is 9.04. The van der Waals surface area contributed by atoms with Crippen LogP contribution in [0, 0.1) is 12.8 Å². The van der Waals surface area contributed by atoms with Crippen molar-refractivity contribution in [2.75, 3.05) is 25.1 Å². The molecule has 130 valence electrons. The Morgan fingerprint density at radius 2 is 2.12 bits per heavy atom. The summed E-state index contributed by atoms with van der Waals surface area (Å²) < 4.78 is 7.36. The van der Waals surface area contributed by atoms with Gasteiger partial charge in [-0.2, -0.15) is 9.61 Å². The number of aryl methyl sites for hydroxylation is 1. The lowest BCUT2D eigenvalue weighted by atomic mass is 10.0. The highest BCUT2D eigenvalue weighted by Crippen LogP contribution is 2.23. The van der Waals surface area contributed by atoms with Gasteiger partial charge >= 0.3 is 0 Å². The highest BCUT2D eigenvalue weighted by molar-refractivity contribution is 5.66. The van der Waals surface area contributed by atoms with E-state index in [1.165, 1.54) is 12.8 Å². The van der Waals surface area contributed by atoms with E-state index >= 15 is 0 Å². The normalized spacial score (nSPS) is 17.2. The number of hydrogen-bond acceptors (Lipinski definition) is 4. The minimum Gasteiger partial charge on any atom is -0.381 e. The molecule has 4 rings (SSSR count). The number of ether oxygens (including phenoxy) is 1. The van der Waals surface area contributed by atoms with Crippen LogP contribution in [0.5, 0.6) is 0 Å². The van der Waals surface area contributed by atoms with Crippen LogP contribution in [-0.2, 0) is 4.74 Å². The molecule has 5 nitrogen and oxygen atoms in total. The Hall–Kier alpha value is -2.40. The van der Waals surface area contributed by atoms with Gasteiger partial charge in [0.2, 0.25) is 0 Å². The Morgan fingerprint density at radius 1 is 1.24 bits per heavy atom. The molecule has 0 bridgehead atoms. The summed E-state index contributed by atoms with van der Waals surface area (Å²) in [6.45, 7) is 4.79. The molecule has 1 saturated heterocycles. The van der Waals surface area contributed by atoms with Crippen molar-refractivity contribution in [1.82, 2.24) is 14.6 Å². The van der Waals surface area contributed by atoms with Gasteiger partial charge < -0.3 is 10.1 Å². The Morgan fingerprint density at radius 3 is 2.92 bits per heavy atom. The zero-order chi connectivity index (χ0) is 17.1. The SMILES string of the molecule is Cc1cc2nc(-c3ccccc3)cc(NCCC[C@@H]3CCOC3)n2n1. The van der Waals surface area contributed by atoms with Crippen LogP contribution in [0.25, 0.3) is 16.9 Å². The first-order valence-electron chi connectivity index (χ1n) is 9.04. The lowest BCUT2D eigenvalue weighted by Crippen LogP contribution is -2.10. The molecule has 25 heavy (non-hydrogen) atoms. The second kappa shape index (κ2) is 7.23. The van der Waals surface area contributed by atoms with Gasteiger partial charge in [0, 0.05) is 37.5 Å². The molecule has 1 N–H and O–H groups in total. The zero-order valence-corrected chi connectivity index (χ0v) is 14.6. The summed E-state index contributed by atoms with van der Waals surface area (Å²) in [5.41, 5.74) is 3.95. The number of nitrogens with zero attached hydrogens (tertiary/aromatic N) is 3. The molecule has 0 aliphatic carbocycles. The number of fused-ring (bicyclic) bond motifs is 1. The lowest BCUT2D eigenvalue weighted by molar-refractivity contribution is 0.184. The maximum atomic E-state index is 5.45. The molecule has 3 aromatic rings. The van der Waals surface area contributed by atoms with Crippen molar-refractivity contribution < 1.29 is 4.74 Å². The predicted octanol–water partition coefficient (Wildman–Crippen LogP) is 3.93. The second-order valence-corrected chi connectivity index (χ2v) is 6.75. The van der Waals surface area contributed by atoms with Gasteiger partial charge in [-0.3, -0.25) is 0 Å². The van der Waals surface area contributed by atoms with Gasteiger partial charge in [0.1, 0.15) is 5.82 Å². The molecule has 0 spiro atoms. The molecular formula is C20H24N4O. The molecular weight excluding hydrogens is 312 g/mol. The van der Waals surface area contributed by atoms with Crippen LogP contribution in [0.1, 0.15) is 25.0 Å². The topological polar surface area (TPSA) is 51.5 Å². The molecule has 0 radical (unpaired) electrons. The van der Waals surface area contributed by atoms with Crippen LogP contribution in [-0.4, -0.2) is 34.4 Å². The van der Waals surface area contributed by atoms with Gasteiger partial charge in [-0.15, -0.1) is 0 Å². The molecule has 3 heterocycles. The molecule has 1 aliphatic heterocycles. The number of rotatable bonds is 6. The number of nitrogens with one attached hydrogen (secondary N) is 1. The third-order valence-electron chi connectivity index (χ3n) is 4.74. The van der Waals surface area contributed by atoms with E-state index < -0.39 is 0 Å². The van der Waals surface area contributed by atoms with Gasteiger partial charge in [-0.1, -0.05) is 30.3 Å². The molecule has 1 fully saturated rings. The van der Waals surface area contributed by atoms with Crippen molar-refractivity contribution in [3.63, 3.8) is 0 Å². The third kappa shape index (κ3) is 3.66. The summed E-state index contributed by atoms with van der Waals surface area (Å²) in [7, 11) is 0. The maximum absolute atomic E-state index is 5.45. The van der Waals surface area contributed by atoms with Crippen molar-refractivity contribution in [3.05, 3.63) is 48.2 Å². The average Bonchev–Trinajstić information content (AvgIpc) is 3.27. The van der Waals surface area contributed by atoms with Crippen LogP contribution < -0.4 is 5.32 Å². The van der Waals surface area contributed by atoms with Crippen molar-refractivity contribution in [2.45, 2.75) is 26.2 Å². The first kappa shape index (κ1) is 16.1. The van der Waals surface area contributed by atoms with E-state index in [2.05, 4.69) is 28.6 Å². The predicted molar refractivity (Wildman–Crippen MR) is 99.8 cm³/mol. The molecule has 0 unspecified atom stereocenters. The molecule has 0 saturated carbocycles. The average molecular weight is 336 g/mol. The Bertz CT molecular complexity index is 838. The largest absolute Gasteiger partial charge is 0.381 e. The smallest absolute Gasteiger partial charge is 0.158 e. The van der Waals surface area contributed by atoms with Gasteiger partial charge in [-0.25, -0.2) is 4.98 Å². The minimum absolute atomic E-state index is 0.728. The monoisotopic (exact) mass is 336 g/mol. The first-order chi connectivity index (χ1) is 12.3. The van der Waals surface area contributed by atoms with Crippen molar-refractivity contribution in [2.24, 2.45) is 5.92 Å². The molecule has 1 aliphatic rings. The second-order valence-electron chi connectivity index (χ2n) is 6.75. The summed E-state index contributed by atoms with van der Waals surface area (Å²) in [5, 5.41) is 8.13. The zero-order valence-electron chi connectivity index (χ0n) is 14.6. The van der Waals surface area contributed by atoms with Crippen molar-refractivity contribution in [3.8, 4) is 11.3 Å². The Balaban J connectivity index is 1.53. The third-order valence-corrected chi connectivity index (χ3v) is 4.74. The van der Waals surface area contributed by atoms with E-state index in [-0.39, 0.29) is 0 Å². The summed E-state index contributed by atoms with van der Waals surface area (Å²) in [5.74, 6) is 1.73. The number of hydrogen-bond donors (Lipinski definition) is 1. The maximum Gasteiger partial charge on any atom is 0.158 e. The number of aromatic nitrogens is 3. The summed E-state index contributed by atoms with van der Waals surface area (Å²) in [6, 6.07) is 14.4. The van der Waals surface area contributed by atoms with Gasteiger partial charge in [-0.05, 0) is 32.1 Å². The van der Waals surface area contributed by atoms with Crippen LogP contribution in [0.4, 0.5) is 5.82 Å². The summed E-state index contributed by atoms with van der Waals surface area (Å²) in [4.78, 5) is 4.76.